The summed E-state index contributed by atoms with van der Waals surface area (Å²) < 4.78 is 34.3. The van der Waals surface area contributed by atoms with E-state index in [9.17, 15) is 4.79 Å². The van der Waals surface area contributed by atoms with Gasteiger partial charge in [-0.05, 0) is 49.2 Å². The van der Waals surface area contributed by atoms with Crippen molar-refractivity contribution in [2.24, 2.45) is 5.92 Å². The lowest BCUT2D eigenvalue weighted by Gasteiger charge is -2.37. The summed E-state index contributed by atoms with van der Waals surface area (Å²) in [4.78, 5) is 21.0. The van der Waals surface area contributed by atoms with Crippen molar-refractivity contribution in [2.45, 2.75) is 32.1 Å². The molecule has 40 heavy (non-hydrogen) atoms. The molecule has 2 aliphatic rings. The molecule has 0 bridgehead atoms. The van der Waals surface area contributed by atoms with Gasteiger partial charge in [-0.15, -0.1) is 0 Å². The molecule has 0 spiro atoms. The Kier molecular flexibility index (Phi) is 9.50. The number of ether oxygens (including phenoxy) is 6. The number of aromatic nitrogens is 2. The fourth-order valence-corrected chi connectivity index (χ4v) is 4.88. The van der Waals surface area contributed by atoms with Crippen LogP contribution in [0.5, 0.6) is 11.5 Å². The molecule has 1 aromatic heterocycles. The van der Waals surface area contributed by atoms with Crippen LogP contribution in [-0.4, -0.2) is 73.7 Å². The van der Waals surface area contributed by atoms with Gasteiger partial charge in [0.1, 0.15) is 5.82 Å². The minimum atomic E-state index is -0.661. The summed E-state index contributed by atoms with van der Waals surface area (Å²) in [5.74, 6) is 1.49. The zero-order chi connectivity index (χ0) is 27.7. The molecule has 3 N–H and O–H groups in total. The number of hydrogen-bond donors (Lipinski definition) is 3. The number of imidazole rings is 1. The zero-order valence-electron chi connectivity index (χ0n) is 22.5. The Balaban J connectivity index is 1.32. The van der Waals surface area contributed by atoms with Crippen molar-refractivity contribution in [2.75, 3.05) is 46.4 Å². The first-order valence-corrected chi connectivity index (χ1v) is 13.5. The number of benzene rings is 2. The molecule has 11 nitrogen and oxygen atoms in total. The summed E-state index contributed by atoms with van der Waals surface area (Å²) in [6.45, 7) is 4.22. The number of nitrogens with zero attached hydrogens (tertiary/aromatic N) is 1. The molecule has 11 heteroatoms. The van der Waals surface area contributed by atoms with E-state index < -0.39 is 6.29 Å². The maximum Gasteiger partial charge on any atom is 0.286 e. The second kappa shape index (κ2) is 13.6. The molecule has 2 aliphatic heterocycles. The van der Waals surface area contributed by atoms with Gasteiger partial charge in [-0.25, -0.2) is 4.98 Å². The number of aliphatic hydroxyl groups excluding tert-OH is 1. The van der Waals surface area contributed by atoms with E-state index in [2.05, 4.69) is 15.3 Å². The molecule has 5 rings (SSSR count). The zero-order valence-corrected chi connectivity index (χ0v) is 22.5. The van der Waals surface area contributed by atoms with Crippen LogP contribution in [0.15, 0.2) is 54.3 Å². The van der Waals surface area contributed by atoms with Gasteiger partial charge in [-0.3, -0.25) is 4.79 Å². The van der Waals surface area contributed by atoms with Crippen molar-refractivity contribution in [1.82, 2.24) is 15.3 Å². The van der Waals surface area contributed by atoms with Crippen molar-refractivity contribution in [3.8, 4) is 11.5 Å². The highest BCUT2D eigenvalue weighted by Gasteiger charge is 2.38. The van der Waals surface area contributed by atoms with Gasteiger partial charge in [0.25, 0.3) is 5.91 Å². The Bertz CT molecular complexity index is 1280. The number of amides is 1. The average molecular weight is 554 g/mol. The number of hydrogen-bond acceptors (Lipinski definition) is 9. The first-order chi connectivity index (χ1) is 19.7. The number of nitrogens with one attached hydrogen (secondary N) is 2. The van der Waals surface area contributed by atoms with Gasteiger partial charge < -0.3 is 43.8 Å². The van der Waals surface area contributed by atoms with Crippen LogP contribution in [0.2, 0.25) is 0 Å². The molecule has 2 aromatic carbocycles. The van der Waals surface area contributed by atoms with Crippen molar-refractivity contribution in [3.05, 3.63) is 65.7 Å². The maximum absolute atomic E-state index is 13.3. The van der Waals surface area contributed by atoms with Crippen LogP contribution in [0, 0.1) is 5.92 Å². The van der Waals surface area contributed by atoms with Gasteiger partial charge in [0.05, 0.1) is 44.0 Å². The first-order valence-electron chi connectivity index (χ1n) is 13.5. The van der Waals surface area contributed by atoms with Crippen molar-refractivity contribution >= 4 is 16.9 Å². The van der Waals surface area contributed by atoms with Gasteiger partial charge in [0.15, 0.2) is 17.3 Å². The molecule has 0 radical (unpaired) electrons. The van der Waals surface area contributed by atoms with Crippen LogP contribution >= 0.6 is 0 Å². The van der Waals surface area contributed by atoms with Crippen LogP contribution in [-0.2, 0) is 30.3 Å². The average Bonchev–Trinajstić information content (AvgIpc) is 3.62. The summed E-state index contributed by atoms with van der Waals surface area (Å²) in [5.41, 5.74) is 2.70. The molecule has 0 fully saturated rings. The smallest absolute Gasteiger partial charge is 0.286 e. The van der Waals surface area contributed by atoms with Gasteiger partial charge in [-0.1, -0.05) is 18.2 Å². The number of rotatable bonds is 14. The minimum absolute atomic E-state index is 0.0207. The number of carbonyl (C=O) groups excluding carboxylic acids is 1. The summed E-state index contributed by atoms with van der Waals surface area (Å²) in [6.07, 6.45) is 1.80. The van der Waals surface area contributed by atoms with E-state index in [1.54, 1.807) is 0 Å². The van der Waals surface area contributed by atoms with E-state index in [1.165, 1.54) is 0 Å². The molecule has 3 heterocycles. The molecule has 0 saturated heterocycles. The quantitative estimate of drug-likeness (QED) is 0.258. The van der Waals surface area contributed by atoms with E-state index in [0.29, 0.717) is 50.2 Å². The van der Waals surface area contributed by atoms with Crippen LogP contribution < -0.4 is 14.8 Å². The molecule has 0 unspecified atom stereocenters. The summed E-state index contributed by atoms with van der Waals surface area (Å²) in [6, 6.07) is 13.5. The molecule has 214 valence electrons. The SMILES string of the molecule is CCO[C@@H]1OC(C(=O)NCc2nc3ccccc3[nH]2)=C[C@H](c2ccc3c(c2)OCO3)[C@@H]1CCOCCOCCO. The molecular weight excluding hydrogens is 518 g/mol. The fraction of sp³-hybridized carbons (Fsp3) is 0.448. The third kappa shape index (κ3) is 6.73. The highest BCUT2D eigenvalue weighted by Crippen LogP contribution is 2.42. The summed E-state index contributed by atoms with van der Waals surface area (Å²) in [7, 11) is 0. The first kappa shape index (κ1) is 27.9. The molecule has 3 aromatic rings. The minimum Gasteiger partial charge on any atom is -0.459 e. The molecule has 1 amide bonds. The predicted octanol–water partition coefficient (Wildman–Crippen LogP) is 3.00. The predicted molar refractivity (Wildman–Crippen MR) is 145 cm³/mol. The fourth-order valence-electron chi connectivity index (χ4n) is 4.88. The number of aliphatic hydroxyl groups is 1. The van der Waals surface area contributed by atoms with E-state index in [0.717, 1.165) is 16.6 Å². The van der Waals surface area contributed by atoms with Crippen molar-refractivity contribution in [3.63, 3.8) is 0 Å². The number of aromatic amines is 1. The third-order valence-corrected chi connectivity index (χ3v) is 6.78. The third-order valence-electron chi connectivity index (χ3n) is 6.78. The number of allylic oxidation sites excluding steroid dienone is 1. The van der Waals surface area contributed by atoms with E-state index in [1.807, 2.05) is 55.5 Å². The van der Waals surface area contributed by atoms with E-state index in [4.69, 9.17) is 33.5 Å². The van der Waals surface area contributed by atoms with Crippen LogP contribution in [0.3, 0.4) is 0 Å². The molecule has 0 saturated carbocycles. The topological polar surface area (TPSA) is 133 Å². The molecular formula is C29H35N3O8. The Morgan fingerprint density at radius 2 is 1.93 bits per heavy atom. The van der Waals surface area contributed by atoms with Crippen LogP contribution in [0.4, 0.5) is 0 Å². The van der Waals surface area contributed by atoms with Gasteiger partial charge in [0, 0.05) is 25.0 Å². The standard InChI is InChI=1S/C29H35N3O8/c1-2-37-29-20(9-11-35-13-14-36-12-10-33)21(19-7-8-24-25(15-19)39-18-38-24)16-26(40-29)28(34)30-17-27-31-22-5-3-4-6-23(22)32-27/h3-8,15-16,20-21,29,33H,2,9-14,17-18H2,1H3,(H,30,34)(H,31,32)/t20-,21+,29+/m0/s1. The number of para-hydroxylation sites is 2. The highest BCUT2D eigenvalue weighted by atomic mass is 16.7. The largest absolute Gasteiger partial charge is 0.459 e. The Morgan fingerprint density at radius 1 is 1.10 bits per heavy atom. The van der Waals surface area contributed by atoms with E-state index >= 15 is 0 Å². The highest BCUT2D eigenvalue weighted by molar-refractivity contribution is 5.91. The van der Waals surface area contributed by atoms with Crippen LogP contribution in [0.25, 0.3) is 11.0 Å². The van der Waals surface area contributed by atoms with Gasteiger partial charge in [0.2, 0.25) is 13.1 Å². The lowest BCUT2D eigenvalue weighted by Crippen LogP contribution is -2.39. The lowest BCUT2D eigenvalue weighted by atomic mass is 9.81. The lowest BCUT2D eigenvalue weighted by molar-refractivity contribution is -0.168. The van der Waals surface area contributed by atoms with E-state index in [-0.39, 0.29) is 50.1 Å². The molecule has 3 atom stereocenters. The Hall–Kier alpha value is -3.64. The Morgan fingerprint density at radius 3 is 2.75 bits per heavy atom. The van der Waals surface area contributed by atoms with Crippen molar-refractivity contribution in [1.29, 1.82) is 0 Å². The molecule has 0 aliphatic carbocycles. The number of carbonyl (C=O) groups is 1. The second-order valence-electron chi connectivity index (χ2n) is 9.40. The monoisotopic (exact) mass is 553 g/mol. The van der Waals surface area contributed by atoms with Crippen molar-refractivity contribution < 1.29 is 38.3 Å². The van der Waals surface area contributed by atoms with Gasteiger partial charge in [-0.2, -0.15) is 0 Å². The number of H-pyrrole nitrogens is 1. The maximum atomic E-state index is 13.3. The summed E-state index contributed by atoms with van der Waals surface area (Å²) in [5, 5.41) is 11.8. The van der Waals surface area contributed by atoms with Gasteiger partial charge >= 0.3 is 0 Å². The normalized spacial score (nSPS) is 19.9. The number of fused-ring (bicyclic) bond motifs is 2. The van der Waals surface area contributed by atoms with Crippen LogP contribution in [0.1, 0.15) is 30.7 Å². The second-order valence-corrected chi connectivity index (χ2v) is 9.40. The summed E-state index contributed by atoms with van der Waals surface area (Å²) >= 11 is 0. The Labute approximate surface area is 232 Å².